The quantitative estimate of drug-likeness (QED) is 0.785. The van der Waals surface area contributed by atoms with Crippen molar-refractivity contribution in [2.45, 2.75) is 36.0 Å². The lowest BCUT2D eigenvalue weighted by molar-refractivity contribution is 0.0818. The number of halogens is 2. The number of sulfone groups is 1. The molecule has 1 saturated heterocycles. The Kier molecular flexibility index (Phi) is 5.35. The molecule has 1 heterocycles. The molecule has 8 heteroatoms. The number of aliphatic hydroxyl groups is 1. The Labute approximate surface area is 174 Å². The van der Waals surface area contributed by atoms with E-state index in [2.05, 4.69) is 4.90 Å². The molecule has 0 aromatic heterocycles. The van der Waals surface area contributed by atoms with Crippen molar-refractivity contribution >= 4 is 33.0 Å². The van der Waals surface area contributed by atoms with Crippen molar-refractivity contribution < 1.29 is 18.3 Å². The Balaban J connectivity index is 1.67. The van der Waals surface area contributed by atoms with Gasteiger partial charge in [-0.05, 0) is 54.8 Å². The summed E-state index contributed by atoms with van der Waals surface area (Å²) >= 11 is 12.7. The molecular formula is C20H21Cl2NO4S. The van der Waals surface area contributed by atoms with Crippen LogP contribution < -0.4 is 4.74 Å². The van der Waals surface area contributed by atoms with E-state index >= 15 is 0 Å². The van der Waals surface area contributed by atoms with Gasteiger partial charge in [-0.15, -0.1) is 0 Å². The number of aliphatic hydroxyl groups excluding tert-OH is 1. The van der Waals surface area contributed by atoms with Crippen molar-refractivity contribution in [3.8, 4) is 5.75 Å². The van der Waals surface area contributed by atoms with Crippen LogP contribution in [0.5, 0.6) is 5.75 Å². The lowest BCUT2D eigenvalue weighted by atomic mass is 10.1. The molecule has 3 atom stereocenters. The Morgan fingerprint density at radius 2 is 1.89 bits per heavy atom. The highest BCUT2D eigenvalue weighted by molar-refractivity contribution is 7.90. The molecule has 1 fully saturated rings. The predicted octanol–water partition coefficient (Wildman–Crippen LogP) is 3.51. The average molecular weight is 442 g/mol. The van der Waals surface area contributed by atoms with Crippen LogP contribution in [0.25, 0.3) is 0 Å². The zero-order chi connectivity index (χ0) is 20.1. The normalized spacial score (nSPS) is 25.1. The van der Waals surface area contributed by atoms with Gasteiger partial charge >= 0.3 is 0 Å². The van der Waals surface area contributed by atoms with Crippen molar-refractivity contribution in [1.82, 2.24) is 4.90 Å². The zero-order valence-corrected chi connectivity index (χ0v) is 17.6. The van der Waals surface area contributed by atoms with E-state index in [1.807, 2.05) is 6.07 Å². The molecule has 1 aliphatic carbocycles. The second-order valence-corrected chi connectivity index (χ2v) is 10.3. The molecule has 2 aromatic rings. The summed E-state index contributed by atoms with van der Waals surface area (Å²) in [6.45, 7) is 1.38. The summed E-state index contributed by atoms with van der Waals surface area (Å²) in [7, 11) is -3.26. The Hall–Kier alpha value is -1.31. The highest BCUT2D eigenvalue weighted by Gasteiger charge is 2.41. The van der Waals surface area contributed by atoms with Crippen LogP contribution in [-0.4, -0.2) is 49.9 Å². The minimum atomic E-state index is -3.26. The third kappa shape index (κ3) is 3.89. The summed E-state index contributed by atoms with van der Waals surface area (Å²) in [6.07, 6.45) is 1.98. The predicted molar refractivity (Wildman–Crippen MR) is 109 cm³/mol. The van der Waals surface area contributed by atoms with Crippen LogP contribution in [0.15, 0.2) is 41.3 Å². The molecule has 1 N–H and O–H groups in total. The van der Waals surface area contributed by atoms with Gasteiger partial charge in [0.25, 0.3) is 0 Å². The summed E-state index contributed by atoms with van der Waals surface area (Å²) in [5, 5.41) is 11.1. The summed E-state index contributed by atoms with van der Waals surface area (Å²) in [5.41, 5.74) is 1.95. The van der Waals surface area contributed by atoms with Crippen LogP contribution in [0.4, 0.5) is 0 Å². The maximum absolute atomic E-state index is 11.7. The minimum absolute atomic E-state index is 0.0256. The molecule has 0 amide bonds. The molecule has 0 spiro atoms. The van der Waals surface area contributed by atoms with Crippen molar-refractivity contribution in [2.24, 2.45) is 0 Å². The lowest BCUT2D eigenvalue weighted by Crippen LogP contribution is -2.39. The van der Waals surface area contributed by atoms with Crippen LogP contribution in [0.2, 0.25) is 10.0 Å². The van der Waals surface area contributed by atoms with Gasteiger partial charge in [-0.1, -0.05) is 23.2 Å². The van der Waals surface area contributed by atoms with Gasteiger partial charge in [-0.2, -0.15) is 0 Å². The number of hydrogen-bond acceptors (Lipinski definition) is 5. The fourth-order valence-corrected chi connectivity index (χ4v) is 5.28. The molecule has 5 nitrogen and oxygen atoms in total. The molecule has 0 bridgehead atoms. The maximum Gasteiger partial charge on any atom is 0.175 e. The summed E-state index contributed by atoms with van der Waals surface area (Å²) in [5.74, 6) is 0.575. The van der Waals surface area contributed by atoms with Crippen molar-refractivity contribution in [3.05, 3.63) is 57.6 Å². The Morgan fingerprint density at radius 1 is 1.18 bits per heavy atom. The first-order valence-electron chi connectivity index (χ1n) is 9.09. The average Bonchev–Trinajstić information content (AvgIpc) is 3.19. The summed E-state index contributed by atoms with van der Waals surface area (Å²) in [6, 6.07) is 10.1. The second kappa shape index (κ2) is 7.50. The minimum Gasteiger partial charge on any atom is -0.484 e. The number of β-amino-alcohol motifs (C(OH)–C–C–N with tert-alkyl or cyclic N) is 1. The van der Waals surface area contributed by atoms with E-state index in [0.29, 0.717) is 28.8 Å². The summed E-state index contributed by atoms with van der Waals surface area (Å²) in [4.78, 5) is 2.47. The van der Waals surface area contributed by atoms with Gasteiger partial charge in [0, 0.05) is 35.0 Å². The molecular weight excluding hydrogens is 421 g/mol. The standard InChI is InChI=1S/C20H21Cl2NO4S/c1-28(25,26)15-4-2-14(3-5-15)27-20-17-8-12(21)9-18(22)16(17)10-19(20)23-7-6-13(24)11-23/h2-5,8-9,13,19-20,24H,6-7,10-11H2,1H3/t13-,19-,20+/m0/s1. The lowest BCUT2D eigenvalue weighted by Gasteiger charge is -2.30. The Bertz CT molecular complexity index is 994. The zero-order valence-electron chi connectivity index (χ0n) is 15.3. The molecule has 0 radical (unpaired) electrons. The number of rotatable bonds is 4. The SMILES string of the molecule is CS(=O)(=O)c1ccc(O[C@@H]2c3cc(Cl)cc(Cl)c3C[C@@H]2N2CC[C@H](O)C2)cc1. The molecule has 4 rings (SSSR count). The van der Waals surface area contributed by atoms with E-state index < -0.39 is 9.84 Å². The Morgan fingerprint density at radius 3 is 2.50 bits per heavy atom. The first-order valence-corrected chi connectivity index (χ1v) is 11.7. The number of ether oxygens (including phenoxy) is 1. The highest BCUT2D eigenvalue weighted by Crippen LogP contribution is 2.43. The largest absolute Gasteiger partial charge is 0.484 e. The molecule has 150 valence electrons. The van der Waals surface area contributed by atoms with Crippen LogP contribution in [0.3, 0.4) is 0 Å². The second-order valence-electron chi connectivity index (χ2n) is 7.45. The topological polar surface area (TPSA) is 66.8 Å². The van der Waals surface area contributed by atoms with Crippen LogP contribution in [0.1, 0.15) is 23.7 Å². The van der Waals surface area contributed by atoms with Gasteiger partial charge in [0.15, 0.2) is 9.84 Å². The van der Waals surface area contributed by atoms with E-state index in [1.54, 1.807) is 30.3 Å². The van der Waals surface area contributed by atoms with Crippen molar-refractivity contribution in [3.63, 3.8) is 0 Å². The third-order valence-electron chi connectivity index (χ3n) is 5.44. The molecule has 2 aliphatic rings. The van der Waals surface area contributed by atoms with E-state index in [4.69, 9.17) is 27.9 Å². The molecule has 0 unspecified atom stereocenters. The maximum atomic E-state index is 11.7. The number of hydrogen-bond donors (Lipinski definition) is 1. The van der Waals surface area contributed by atoms with Crippen LogP contribution in [-0.2, 0) is 16.3 Å². The first kappa shape index (κ1) is 20.0. The third-order valence-corrected chi connectivity index (χ3v) is 7.13. The van der Waals surface area contributed by atoms with Gasteiger partial charge in [-0.3, -0.25) is 4.90 Å². The van der Waals surface area contributed by atoms with Gasteiger partial charge in [0.05, 0.1) is 17.0 Å². The first-order chi connectivity index (χ1) is 13.2. The van der Waals surface area contributed by atoms with E-state index in [1.165, 1.54) is 6.26 Å². The van der Waals surface area contributed by atoms with Crippen molar-refractivity contribution in [2.75, 3.05) is 19.3 Å². The summed E-state index contributed by atoms with van der Waals surface area (Å²) < 4.78 is 29.7. The van der Waals surface area contributed by atoms with Crippen molar-refractivity contribution in [1.29, 1.82) is 0 Å². The molecule has 28 heavy (non-hydrogen) atoms. The van der Waals surface area contributed by atoms with Gasteiger partial charge in [-0.25, -0.2) is 8.42 Å². The van der Waals surface area contributed by atoms with Crippen LogP contribution in [0, 0.1) is 0 Å². The number of nitrogens with zero attached hydrogens (tertiary/aromatic N) is 1. The monoisotopic (exact) mass is 441 g/mol. The van der Waals surface area contributed by atoms with E-state index in [0.717, 1.165) is 24.1 Å². The van der Waals surface area contributed by atoms with Gasteiger partial charge in [0.1, 0.15) is 11.9 Å². The fourth-order valence-electron chi connectivity index (χ4n) is 4.06. The molecule has 0 saturated carbocycles. The van der Waals surface area contributed by atoms with Gasteiger partial charge < -0.3 is 9.84 Å². The molecule has 1 aliphatic heterocycles. The molecule has 2 aromatic carbocycles. The number of fused-ring (bicyclic) bond motifs is 1. The fraction of sp³-hybridized carbons (Fsp3) is 0.400. The van der Waals surface area contributed by atoms with E-state index in [9.17, 15) is 13.5 Å². The van der Waals surface area contributed by atoms with Gasteiger partial charge in [0.2, 0.25) is 0 Å². The van der Waals surface area contributed by atoms with Crippen LogP contribution >= 0.6 is 23.2 Å². The smallest absolute Gasteiger partial charge is 0.175 e. The number of likely N-dealkylation sites (tertiary alicyclic amines) is 1. The highest BCUT2D eigenvalue weighted by atomic mass is 35.5. The number of benzene rings is 2. The van der Waals surface area contributed by atoms with E-state index in [-0.39, 0.29) is 23.1 Å².